The predicted molar refractivity (Wildman–Crippen MR) is 75.3 cm³/mol. The number of nitrogens with zero attached hydrogens (tertiary/aromatic N) is 1. The number of cyclic esters (lactones) is 1. The fraction of sp³-hybridized carbons (Fsp3) is 0.438. The van der Waals surface area contributed by atoms with Gasteiger partial charge in [0.25, 0.3) is 0 Å². The second kappa shape index (κ2) is 5.67. The minimum absolute atomic E-state index is 0.00861. The molecule has 0 aromatic heterocycles. The number of ether oxygens (including phenoxy) is 2. The molecule has 20 heavy (non-hydrogen) atoms. The Morgan fingerprint density at radius 3 is 2.75 bits per heavy atom. The van der Waals surface area contributed by atoms with E-state index in [1.165, 1.54) is 0 Å². The molecule has 1 saturated heterocycles. The monoisotopic (exact) mass is 273 g/mol. The van der Waals surface area contributed by atoms with Gasteiger partial charge in [0, 0.05) is 0 Å². The van der Waals surface area contributed by atoms with Crippen LogP contribution in [0.2, 0.25) is 0 Å². The Balaban J connectivity index is 1.81. The van der Waals surface area contributed by atoms with Crippen LogP contribution in [0.5, 0.6) is 0 Å². The molecule has 0 N–H and O–H groups in total. The zero-order chi connectivity index (χ0) is 13.9. The van der Waals surface area contributed by atoms with Crippen LogP contribution in [0.15, 0.2) is 42.5 Å². The van der Waals surface area contributed by atoms with Crippen LogP contribution in [0.3, 0.4) is 0 Å². The van der Waals surface area contributed by atoms with Crippen molar-refractivity contribution in [2.45, 2.75) is 31.5 Å². The molecule has 1 fully saturated rings. The van der Waals surface area contributed by atoms with Crippen molar-refractivity contribution in [1.82, 2.24) is 4.90 Å². The summed E-state index contributed by atoms with van der Waals surface area (Å²) in [5, 5.41) is 0. The third kappa shape index (κ3) is 2.43. The first-order valence-electron chi connectivity index (χ1n) is 7.04. The molecule has 2 heterocycles. The van der Waals surface area contributed by atoms with E-state index in [0.29, 0.717) is 13.2 Å². The molecule has 0 aliphatic carbocycles. The summed E-state index contributed by atoms with van der Waals surface area (Å²) in [6.45, 7) is 3.06. The standard InChI is InChI=1S/C16H19NO3/c1-12(13-7-3-2-4-8-13)17-14(11-20-16(17)18)15-9-5-6-10-19-15/h2-8,12,14-15H,9-11H2,1H3/t12-,14+,15-/m1/s1. The van der Waals surface area contributed by atoms with Gasteiger partial charge in [-0.1, -0.05) is 42.5 Å². The lowest BCUT2D eigenvalue weighted by Gasteiger charge is -2.33. The summed E-state index contributed by atoms with van der Waals surface area (Å²) in [4.78, 5) is 13.9. The predicted octanol–water partition coefficient (Wildman–Crippen LogP) is 2.91. The molecule has 3 rings (SSSR count). The molecule has 1 amide bonds. The van der Waals surface area contributed by atoms with Crippen LogP contribution in [-0.4, -0.2) is 36.4 Å². The first kappa shape index (κ1) is 13.2. The summed E-state index contributed by atoms with van der Waals surface area (Å²) in [7, 11) is 0. The summed E-state index contributed by atoms with van der Waals surface area (Å²) >= 11 is 0. The van der Waals surface area contributed by atoms with Crippen LogP contribution >= 0.6 is 0 Å². The summed E-state index contributed by atoms with van der Waals surface area (Å²) in [5.74, 6) is 0. The molecule has 0 unspecified atom stereocenters. The highest BCUT2D eigenvalue weighted by molar-refractivity contribution is 5.71. The Hall–Kier alpha value is -1.81. The lowest BCUT2D eigenvalue weighted by Crippen LogP contribution is -2.45. The van der Waals surface area contributed by atoms with E-state index in [-0.39, 0.29) is 24.3 Å². The van der Waals surface area contributed by atoms with Crippen molar-refractivity contribution < 1.29 is 14.3 Å². The van der Waals surface area contributed by atoms with Crippen molar-refractivity contribution in [1.29, 1.82) is 0 Å². The second-order valence-corrected chi connectivity index (χ2v) is 5.22. The molecule has 106 valence electrons. The SMILES string of the molecule is C[C@H](c1ccccc1)N1C(=O)OC[C@H]1[C@H]1CC=CCO1. The number of amides is 1. The average molecular weight is 273 g/mol. The second-order valence-electron chi connectivity index (χ2n) is 5.22. The van der Waals surface area contributed by atoms with E-state index in [9.17, 15) is 4.79 Å². The van der Waals surface area contributed by atoms with E-state index in [1.54, 1.807) is 0 Å². The van der Waals surface area contributed by atoms with Crippen molar-refractivity contribution in [3.05, 3.63) is 48.0 Å². The van der Waals surface area contributed by atoms with E-state index < -0.39 is 0 Å². The molecule has 2 aliphatic rings. The maximum absolute atomic E-state index is 12.1. The number of hydrogen-bond acceptors (Lipinski definition) is 3. The van der Waals surface area contributed by atoms with Gasteiger partial charge in [0.2, 0.25) is 0 Å². The molecule has 1 aromatic rings. The molecular formula is C16H19NO3. The first-order valence-corrected chi connectivity index (χ1v) is 7.04. The minimum atomic E-state index is -0.246. The molecule has 2 aliphatic heterocycles. The summed E-state index contributed by atoms with van der Waals surface area (Å²) < 4.78 is 11.0. The quantitative estimate of drug-likeness (QED) is 0.795. The van der Waals surface area contributed by atoms with Gasteiger partial charge in [-0.15, -0.1) is 0 Å². The Labute approximate surface area is 119 Å². The van der Waals surface area contributed by atoms with Crippen LogP contribution in [0, 0.1) is 0 Å². The fourth-order valence-electron chi connectivity index (χ4n) is 2.88. The maximum atomic E-state index is 12.1. The van der Waals surface area contributed by atoms with Crippen molar-refractivity contribution in [2.24, 2.45) is 0 Å². The van der Waals surface area contributed by atoms with Crippen LogP contribution in [0.25, 0.3) is 0 Å². The minimum Gasteiger partial charge on any atom is -0.447 e. The van der Waals surface area contributed by atoms with E-state index >= 15 is 0 Å². The van der Waals surface area contributed by atoms with Crippen molar-refractivity contribution in [2.75, 3.05) is 13.2 Å². The normalized spacial score (nSPS) is 27.4. The van der Waals surface area contributed by atoms with Gasteiger partial charge >= 0.3 is 6.09 Å². The molecular weight excluding hydrogens is 254 g/mol. The third-order valence-electron chi connectivity index (χ3n) is 4.02. The van der Waals surface area contributed by atoms with Gasteiger partial charge < -0.3 is 9.47 Å². The summed E-state index contributed by atoms with van der Waals surface area (Å²) in [6, 6.07) is 10.0. The number of carbonyl (C=O) groups is 1. The Kier molecular flexibility index (Phi) is 3.74. The van der Waals surface area contributed by atoms with Crippen LogP contribution < -0.4 is 0 Å². The zero-order valence-corrected chi connectivity index (χ0v) is 11.6. The molecule has 4 nitrogen and oxygen atoms in total. The van der Waals surface area contributed by atoms with E-state index in [2.05, 4.69) is 6.08 Å². The van der Waals surface area contributed by atoms with Crippen molar-refractivity contribution in [3.8, 4) is 0 Å². The molecule has 0 saturated carbocycles. The molecule has 1 aromatic carbocycles. The van der Waals surface area contributed by atoms with Gasteiger partial charge in [-0.3, -0.25) is 4.90 Å². The first-order chi connectivity index (χ1) is 9.77. The topological polar surface area (TPSA) is 38.8 Å². The van der Waals surface area contributed by atoms with Crippen LogP contribution in [0.1, 0.15) is 24.9 Å². The molecule has 0 spiro atoms. The van der Waals surface area contributed by atoms with Gasteiger partial charge in [0.1, 0.15) is 6.61 Å². The van der Waals surface area contributed by atoms with Crippen LogP contribution in [0.4, 0.5) is 4.79 Å². The van der Waals surface area contributed by atoms with Gasteiger partial charge in [-0.05, 0) is 18.9 Å². The van der Waals surface area contributed by atoms with Gasteiger partial charge in [-0.25, -0.2) is 4.79 Å². The highest BCUT2D eigenvalue weighted by Gasteiger charge is 2.41. The van der Waals surface area contributed by atoms with Crippen molar-refractivity contribution in [3.63, 3.8) is 0 Å². The number of rotatable bonds is 3. The number of carbonyl (C=O) groups excluding carboxylic acids is 1. The molecule has 3 atom stereocenters. The Morgan fingerprint density at radius 2 is 2.05 bits per heavy atom. The lowest BCUT2D eigenvalue weighted by molar-refractivity contribution is 0.00843. The van der Waals surface area contributed by atoms with Gasteiger partial charge in [0.15, 0.2) is 0 Å². The zero-order valence-electron chi connectivity index (χ0n) is 11.6. The van der Waals surface area contributed by atoms with Gasteiger partial charge in [0.05, 0.1) is 24.8 Å². The summed E-state index contributed by atoms with van der Waals surface area (Å²) in [6.07, 6.45) is 4.74. The van der Waals surface area contributed by atoms with E-state index in [4.69, 9.17) is 9.47 Å². The highest BCUT2D eigenvalue weighted by Crippen LogP contribution is 2.30. The molecule has 0 radical (unpaired) electrons. The van der Waals surface area contributed by atoms with Gasteiger partial charge in [-0.2, -0.15) is 0 Å². The average Bonchev–Trinajstić information content (AvgIpc) is 2.90. The Morgan fingerprint density at radius 1 is 1.25 bits per heavy atom. The largest absolute Gasteiger partial charge is 0.447 e. The number of benzene rings is 1. The highest BCUT2D eigenvalue weighted by atomic mass is 16.6. The van der Waals surface area contributed by atoms with E-state index in [0.717, 1.165) is 12.0 Å². The smallest absolute Gasteiger partial charge is 0.410 e. The molecule has 0 bridgehead atoms. The number of hydrogen-bond donors (Lipinski definition) is 0. The Bertz CT molecular complexity index is 500. The van der Waals surface area contributed by atoms with Crippen molar-refractivity contribution >= 4 is 6.09 Å². The third-order valence-corrected chi connectivity index (χ3v) is 4.02. The molecule has 4 heteroatoms. The van der Waals surface area contributed by atoms with E-state index in [1.807, 2.05) is 48.2 Å². The summed E-state index contributed by atoms with van der Waals surface area (Å²) in [5.41, 5.74) is 1.11. The van der Waals surface area contributed by atoms with Crippen LogP contribution in [-0.2, 0) is 9.47 Å². The lowest BCUT2D eigenvalue weighted by atomic mass is 10.0. The maximum Gasteiger partial charge on any atom is 0.410 e. The fourth-order valence-corrected chi connectivity index (χ4v) is 2.88.